The molecular formula is C13H8F3N5O2S. The smallest absolute Gasteiger partial charge is 0.360 e. The van der Waals surface area contributed by atoms with E-state index in [0.717, 1.165) is 18.5 Å². The van der Waals surface area contributed by atoms with Crippen molar-refractivity contribution in [2.24, 2.45) is 0 Å². The highest BCUT2D eigenvalue weighted by atomic mass is 32.2. The van der Waals surface area contributed by atoms with Crippen LogP contribution in [0.1, 0.15) is 11.1 Å². The van der Waals surface area contributed by atoms with E-state index in [9.17, 15) is 23.3 Å². The topological polar surface area (TPSA) is 105 Å². The van der Waals surface area contributed by atoms with E-state index in [1.807, 2.05) is 0 Å². The summed E-state index contributed by atoms with van der Waals surface area (Å²) in [5.41, 5.74) is -1.05. The lowest BCUT2D eigenvalue weighted by Crippen LogP contribution is -2.09. The average Bonchev–Trinajstić information content (AvgIpc) is 2.52. The summed E-state index contributed by atoms with van der Waals surface area (Å²) in [6.45, 7) is -0.113. The molecule has 24 heavy (non-hydrogen) atoms. The fourth-order valence-electron chi connectivity index (χ4n) is 1.82. The van der Waals surface area contributed by atoms with Gasteiger partial charge in [-0.1, -0.05) is 12.1 Å². The normalized spacial score (nSPS) is 10.9. The number of benzene rings is 1. The third kappa shape index (κ3) is 4.11. The molecule has 0 spiro atoms. The number of thioether (sulfide) groups is 1. The van der Waals surface area contributed by atoms with Crippen LogP contribution < -0.4 is 5.32 Å². The Morgan fingerprint density at radius 1 is 1.38 bits per heavy atom. The molecule has 0 atom stereocenters. The van der Waals surface area contributed by atoms with Gasteiger partial charge in [-0.3, -0.25) is 10.1 Å². The number of hydrogen-bond donors (Lipinski definition) is 1. The van der Waals surface area contributed by atoms with Gasteiger partial charge in [0, 0.05) is 18.3 Å². The van der Waals surface area contributed by atoms with Crippen molar-refractivity contribution in [2.75, 3.05) is 5.32 Å². The first kappa shape index (κ1) is 17.5. The number of nitro groups is 1. The SMILES string of the molecule is N#CSc1ncnc(NCc2cccc(C(F)(F)F)c2)c1[N+](=O)[O-]. The fourth-order valence-corrected chi connectivity index (χ4v) is 2.27. The molecule has 0 aliphatic rings. The Morgan fingerprint density at radius 3 is 2.75 bits per heavy atom. The number of nitrogens with one attached hydrogen (secondary N) is 1. The first-order valence-corrected chi connectivity index (χ1v) is 7.10. The van der Waals surface area contributed by atoms with E-state index in [0.29, 0.717) is 11.8 Å². The first-order chi connectivity index (χ1) is 11.3. The van der Waals surface area contributed by atoms with Gasteiger partial charge in [0.2, 0.25) is 5.82 Å². The number of hydrogen-bond acceptors (Lipinski definition) is 7. The van der Waals surface area contributed by atoms with Crippen molar-refractivity contribution in [1.82, 2.24) is 9.97 Å². The zero-order valence-corrected chi connectivity index (χ0v) is 12.6. The lowest BCUT2D eigenvalue weighted by Gasteiger charge is -2.10. The van der Waals surface area contributed by atoms with Crippen LogP contribution in [0.5, 0.6) is 0 Å². The second-order valence-corrected chi connectivity index (χ2v) is 5.15. The maximum absolute atomic E-state index is 12.7. The molecule has 0 saturated carbocycles. The highest BCUT2D eigenvalue weighted by Gasteiger charge is 2.30. The maximum atomic E-state index is 12.7. The van der Waals surface area contributed by atoms with Crippen LogP contribution in [0, 0.1) is 20.8 Å². The van der Waals surface area contributed by atoms with Crippen LogP contribution in [-0.2, 0) is 12.7 Å². The molecule has 0 radical (unpaired) electrons. The molecule has 0 fully saturated rings. The van der Waals surface area contributed by atoms with Crippen LogP contribution in [0.4, 0.5) is 24.7 Å². The Kier molecular flexibility index (Phi) is 5.20. The molecule has 2 rings (SSSR count). The van der Waals surface area contributed by atoms with Crippen molar-refractivity contribution in [3.8, 4) is 5.40 Å². The Balaban J connectivity index is 2.26. The maximum Gasteiger partial charge on any atom is 0.416 e. The van der Waals surface area contributed by atoms with E-state index in [-0.39, 0.29) is 23.0 Å². The molecular weight excluding hydrogens is 347 g/mol. The third-order valence-corrected chi connectivity index (χ3v) is 3.41. The quantitative estimate of drug-likeness (QED) is 0.287. The van der Waals surface area contributed by atoms with Gasteiger partial charge in [-0.25, -0.2) is 9.97 Å². The van der Waals surface area contributed by atoms with Gasteiger partial charge in [0.1, 0.15) is 11.7 Å². The van der Waals surface area contributed by atoms with Crippen LogP contribution in [0.2, 0.25) is 0 Å². The lowest BCUT2D eigenvalue weighted by atomic mass is 10.1. The molecule has 0 bridgehead atoms. The molecule has 124 valence electrons. The van der Waals surface area contributed by atoms with Gasteiger partial charge in [-0.2, -0.15) is 18.4 Å². The van der Waals surface area contributed by atoms with Crippen LogP contribution in [0.3, 0.4) is 0 Å². The molecule has 7 nitrogen and oxygen atoms in total. The Labute approximate surface area is 137 Å². The summed E-state index contributed by atoms with van der Waals surface area (Å²) in [5, 5.41) is 23.9. The molecule has 1 N–H and O–H groups in total. The van der Waals surface area contributed by atoms with Crippen molar-refractivity contribution in [1.29, 1.82) is 5.26 Å². The van der Waals surface area contributed by atoms with E-state index in [1.54, 1.807) is 5.40 Å². The summed E-state index contributed by atoms with van der Waals surface area (Å²) in [6.07, 6.45) is -3.45. The van der Waals surface area contributed by atoms with E-state index < -0.39 is 22.4 Å². The summed E-state index contributed by atoms with van der Waals surface area (Å²) in [7, 11) is 0. The summed E-state index contributed by atoms with van der Waals surface area (Å²) < 4.78 is 38.0. The monoisotopic (exact) mass is 355 g/mol. The highest BCUT2D eigenvalue weighted by molar-refractivity contribution is 8.03. The second-order valence-electron chi connectivity index (χ2n) is 4.38. The number of rotatable bonds is 5. The fraction of sp³-hybridized carbons (Fsp3) is 0.154. The average molecular weight is 355 g/mol. The molecule has 0 saturated heterocycles. The van der Waals surface area contributed by atoms with E-state index in [4.69, 9.17) is 5.26 Å². The van der Waals surface area contributed by atoms with Gasteiger partial charge in [0.25, 0.3) is 0 Å². The Morgan fingerprint density at radius 2 is 2.12 bits per heavy atom. The number of halogens is 3. The molecule has 0 amide bonds. The lowest BCUT2D eigenvalue weighted by molar-refractivity contribution is -0.387. The molecule has 2 aromatic rings. The highest BCUT2D eigenvalue weighted by Crippen LogP contribution is 2.32. The Hall–Kier alpha value is -2.87. The third-order valence-electron chi connectivity index (χ3n) is 2.83. The molecule has 1 heterocycles. The molecule has 0 unspecified atom stereocenters. The predicted octanol–water partition coefficient (Wildman–Crippen LogP) is 3.59. The Bertz CT molecular complexity index is 807. The van der Waals surface area contributed by atoms with E-state index in [2.05, 4.69) is 15.3 Å². The summed E-state index contributed by atoms with van der Waals surface area (Å²) in [5.74, 6) is -0.176. The zero-order chi connectivity index (χ0) is 17.7. The van der Waals surface area contributed by atoms with Crippen molar-refractivity contribution < 1.29 is 18.1 Å². The van der Waals surface area contributed by atoms with Gasteiger partial charge in [-0.05, 0) is 17.7 Å². The molecule has 0 aliphatic carbocycles. The molecule has 1 aromatic carbocycles. The van der Waals surface area contributed by atoms with E-state index >= 15 is 0 Å². The van der Waals surface area contributed by atoms with Gasteiger partial charge in [-0.15, -0.1) is 0 Å². The van der Waals surface area contributed by atoms with E-state index in [1.165, 1.54) is 12.1 Å². The minimum atomic E-state index is -4.48. The number of nitrogens with zero attached hydrogens (tertiary/aromatic N) is 4. The minimum Gasteiger partial charge on any atom is -0.360 e. The van der Waals surface area contributed by atoms with Gasteiger partial charge in [0.15, 0.2) is 5.03 Å². The predicted molar refractivity (Wildman–Crippen MR) is 78.9 cm³/mol. The minimum absolute atomic E-state index is 0.113. The van der Waals surface area contributed by atoms with Gasteiger partial charge < -0.3 is 5.32 Å². The number of thiocyanates is 1. The van der Waals surface area contributed by atoms with Crippen molar-refractivity contribution in [2.45, 2.75) is 17.7 Å². The van der Waals surface area contributed by atoms with Crippen LogP contribution in [-0.4, -0.2) is 14.9 Å². The van der Waals surface area contributed by atoms with Crippen LogP contribution >= 0.6 is 11.8 Å². The van der Waals surface area contributed by atoms with Crippen molar-refractivity contribution in [3.05, 3.63) is 51.8 Å². The summed E-state index contributed by atoms with van der Waals surface area (Å²) in [6, 6.07) is 4.55. The van der Waals surface area contributed by atoms with Crippen molar-refractivity contribution in [3.63, 3.8) is 0 Å². The van der Waals surface area contributed by atoms with Crippen LogP contribution in [0.15, 0.2) is 35.6 Å². The van der Waals surface area contributed by atoms with Gasteiger partial charge in [0.05, 0.1) is 10.5 Å². The standard InChI is InChI=1S/C13H8F3N5O2S/c14-13(15,16)9-3-1-2-8(4-9)5-18-11-10(21(22)23)12(24-6-17)20-7-19-11/h1-4,7H,5H2,(H,18,19,20). The number of anilines is 1. The second kappa shape index (κ2) is 7.14. The summed E-state index contributed by atoms with van der Waals surface area (Å²) in [4.78, 5) is 17.7. The van der Waals surface area contributed by atoms with Crippen LogP contribution in [0.25, 0.3) is 0 Å². The van der Waals surface area contributed by atoms with Gasteiger partial charge >= 0.3 is 11.9 Å². The molecule has 0 aliphatic heterocycles. The number of nitriles is 1. The first-order valence-electron chi connectivity index (χ1n) is 6.28. The largest absolute Gasteiger partial charge is 0.416 e. The number of alkyl halides is 3. The van der Waals surface area contributed by atoms with Crippen molar-refractivity contribution >= 4 is 23.3 Å². The number of aromatic nitrogens is 2. The summed E-state index contributed by atoms with van der Waals surface area (Å²) >= 11 is 0.496. The molecule has 1 aromatic heterocycles. The molecule has 11 heteroatoms. The zero-order valence-electron chi connectivity index (χ0n) is 11.7.